The van der Waals surface area contributed by atoms with E-state index in [1.807, 2.05) is 0 Å². The number of alkyl halides is 3. The Balaban J connectivity index is 2.38. The molecule has 2 N–H and O–H groups in total. The van der Waals surface area contributed by atoms with Gasteiger partial charge in [0.1, 0.15) is 0 Å². The number of hydrogen-bond donors (Lipinski definition) is 2. The van der Waals surface area contributed by atoms with Crippen LogP contribution in [0.4, 0.5) is 18.3 Å². The summed E-state index contributed by atoms with van der Waals surface area (Å²) in [6.45, 7) is 0.249. The molecule has 90 valence electrons. The van der Waals surface area contributed by atoms with Gasteiger partial charge in [0, 0.05) is 13.0 Å². The fourth-order valence-corrected chi connectivity index (χ4v) is 1.48. The molecule has 1 aromatic rings. The summed E-state index contributed by atoms with van der Waals surface area (Å²) in [5, 5.41) is 16.2. The van der Waals surface area contributed by atoms with E-state index in [0.29, 0.717) is 17.8 Å². The Morgan fingerprint density at radius 2 is 2.12 bits per heavy atom. The van der Waals surface area contributed by atoms with Crippen LogP contribution in [0.2, 0.25) is 0 Å². The van der Waals surface area contributed by atoms with E-state index < -0.39 is 17.2 Å². The van der Waals surface area contributed by atoms with E-state index in [4.69, 9.17) is 5.11 Å². The van der Waals surface area contributed by atoms with Crippen molar-refractivity contribution in [2.45, 2.75) is 19.0 Å². The molecule has 0 saturated carbocycles. The lowest BCUT2D eigenvalue weighted by Crippen LogP contribution is -2.04. The number of nitrogens with zero attached hydrogens (tertiary/aromatic N) is 2. The number of carbonyl (C=O) groups is 1. The topological polar surface area (TPSA) is 75.1 Å². The molecule has 0 aliphatic carbocycles. The van der Waals surface area contributed by atoms with Gasteiger partial charge in [0.15, 0.2) is 0 Å². The van der Waals surface area contributed by atoms with Crippen LogP contribution in [-0.2, 0) is 11.0 Å². The van der Waals surface area contributed by atoms with Crippen molar-refractivity contribution in [2.75, 3.05) is 11.9 Å². The van der Waals surface area contributed by atoms with E-state index in [2.05, 4.69) is 15.5 Å². The van der Waals surface area contributed by atoms with E-state index in [1.165, 1.54) is 0 Å². The van der Waals surface area contributed by atoms with Gasteiger partial charge in [-0.3, -0.25) is 4.79 Å². The van der Waals surface area contributed by atoms with Gasteiger partial charge in [-0.05, 0) is 6.42 Å². The van der Waals surface area contributed by atoms with Crippen molar-refractivity contribution in [2.24, 2.45) is 0 Å². The van der Waals surface area contributed by atoms with Gasteiger partial charge in [0.25, 0.3) is 0 Å². The number of aliphatic carboxylic acids is 1. The van der Waals surface area contributed by atoms with Crippen molar-refractivity contribution in [3.8, 4) is 0 Å². The predicted octanol–water partition coefficient (Wildman–Crippen LogP) is 1.83. The first kappa shape index (κ1) is 12.7. The lowest BCUT2D eigenvalue weighted by atomic mass is 10.3. The van der Waals surface area contributed by atoms with Crippen molar-refractivity contribution in [1.82, 2.24) is 10.2 Å². The number of rotatable bonds is 5. The largest absolute Gasteiger partial charge is 0.481 e. The molecule has 0 fully saturated rings. The molecule has 5 nitrogen and oxygen atoms in total. The van der Waals surface area contributed by atoms with Crippen LogP contribution in [0, 0.1) is 0 Å². The van der Waals surface area contributed by atoms with Gasteiger partial charge in [-0.15, -0.1) is 10.2 Å². The van der Waals surface area contributed by atoms with Crippen LogP contribution in [0.25, 0.3) is 0 Å². The molecule has 0 atom stereocenters. The number of anilines is 1. The fraction of sp³-hybridized carbons (Fsp3) is 0.571. The highest BCUT2D eigenvalue weighted by Crippen LogP contribution is 2.32. The minimum atomic E-state index is -4.49. The average Bonchev–Trinajstić information content (AvgIpc) is 2.59. The second kappa shape index (κ2) is 5.10. The minimum Gasteiger partial charge on any atom is -0.481 e. The van der Waals surface area contributed by atoms with Crippen LogP contribution >= 0.6 is 11.3 Å². The quantitative estimate of drug-likeness (QED) is 0.785. The normalized spacial score (nSPS) is 11.4. The molecule has 0 saturated heterocycles. The summed E-state index contributed by atoms with van der Waals surface area (Å²) in [4.78, 5) is 10.1. The van der Waals surface area contributed by atoms with Crippen molar-refractivity contribution in [1.29, 1.82) is 0 Å². The van der Waals surface area contributed by atoms with E-state index in [0.717, 1.165) is 0 Å². The maximum Gasteiger partial charge on any atom is 0.445 e. The molecule has 9 heteroatoms. The van der Waals surface area contributed by atoms with Gasteiger partial charge >= 0.3 is 12.1 Å². The van der Waals surface area contributed by atoms with Crippen molar-refractivity contribution in [3.63, 3.8) is 0 Å². The second-order valence-electron chi connectivity index (χ2n) is 2.83. The highest BCUT2D eigenvalue weighted by Gasteiger charge is 2.35. The molecule has 1 heterocycles. The molecule has 0 amide bonds. The molecule has 16 heavy (non-hydrogen) atoms. The zero-order chi connectivity index (χ0) is 12.2. The van der Waals surface area contributed by atoms with Crippen LogP contribution in [0.1, 0.15) is 17.8 Å². The molecule has 0 aromatic carbocycles. The molecule has 0 aliphatic heterocycles. The smallest absolute Gasteiger partial charge is 0.445 e. The van der Waals surface area contributed by atoms with E-state index >= 15 is 0 Å². The molecule has 0 aliphatic rings. The lowest BCUT2D eigenvalue weighted by molar-refractivity contribution is -0.138. The molecule has 0 unspecified atom stereocenters. The summed E-state index contributed by atoms with van der Waals surface area (Å²) in [6.07, 6.45) is -4.22. The summed E-state index contributed by atoms with van der Waals surface area (Å²) in [7, 11) is 0. The molecule has 1 aromatic heterocycles. The monoisotopic (exact) mass is 255 g/mol. The number of nitrogens with one attached hydrogen (secondary N) is 1. The van der Waals surface area contributed by atoms with Crippen LogP contribution in [0.5, 0.6) is 0 Å². The summed E-state index contributed by atoms with van der Waals surface area (Å²) in [5.41, 5.74) is 0. The van der Waals surface area contributed by atoms with E-state index in [-0.39, 0.29) is 18.1 Å². The van der Waals surface area contributed by atoms with E-state index in [1.54, 1.807) is 0 Å². The zero-order valence-corrected chi connectivity index (χ0v) is 8.73. The lowest BCUT2D eigenvalue weighted by Gasteiger charge is -1.99. The highest BCUT2D eigenvalue weighted by molar-refractivity contribution is 7.15. The Bertz CT molecular complexity index is 366. The number of halogens is 3. The summed E-state index contributed by atoms with van der Waals surface area (Å²) >= 11 is 0.393. The third-order valence-corrected chi connectivity index (χ3v) is 2.44. The summed E-state index contributed by atoms with van der Waals surface area (Å²) in [5.74, 6) is -0.949. The summed E-state index contributed by atoms with van der Waals surface area (Å²) in [6, 6.07) is 0. The van der Waals surface area contributed by atoms with Gasteiger partial charge in [0.05, 0.1) is 0 Å². The first-order valence-corrected chi connectivity index (χ1v) is 5.07. The van der Waals surface area contributed by atoms with Gasteiger partial charge in [-0.2, -0.15) is 13.2 Å². The number of hydrogen-bond acceptors (Lipinski definition) is 5. The Kier molecular flexibility index (Phi) is 4.05. The molecule has 0 bridgehead atoms. The molecular formula is C7H8F3N3O2S. The van der Waals surface area contributed by atoms with E-state index in [9.17, 15) is 18.0 Å². The van der Waals surface area contributed by atoms with Crippen molar-refractivity contribution >= 4 is 22.4 Å². The Hall–Kier alpha value is -1.38. The molecule has 1 rings (SSSR count). The van der Waals surface area contributed by atoms with Gasteiger partial charge < -0.3 is 10.4 Å². The minimum absolute atomic E-state index is 0.0395. The maximum absolute atomic E-state index is 12.1. The Morgan fingerprint density at radius 1 is 1.44 bits per heavy atom. The number of carboxylic acids is 1. The Labute approximate surface area is 92.3 Å². The molecule has 0 spiro atoms. The van der Waals surface area contributed by atoms with Crippen LogP contribution < -0.4 is 5.32 Å². The second-order valence-corrected chi connectivity index (χ2v) is 3.81. The van der Waals surface area contributed by atoms with Crippen LogP contribution in [0.15, 0.2) is 0 Å². The van der Waals surface area contributed by atoms with Gasteiger partial charge in [0.2, 0.25) is 10.1 Å². The molecule has 0 radical (unpaired) electrons. The zero-order valence-electron chi connectivity index (χ0n) is 7.91. The van der Waals surface area contributed by atoms with Crippen LogP contribution in [-0.4, -0.2) is 27.8 Å². The third kappa shape index (κ3) is 4.01. The number of aromatic nitrogens is 2. The number of carboxylic acid groups (broad SMARTS) is 1. The van der Waals surface area contributed by atoms with Crippen LogP contribution in [0.3, 0.4) is 0 Å². The maximum atomic E-state index is 12.1. The summed E-state index contributed by atoms with van der Waals surface area (Å²) < 4.78 is 36.3. The average molecular weight is 255 g/mol. The van der Waals surface area contributed by atoms with Crippen molar-refractivity contribution < 1.29 is 23.1 Å². The first-order chi connectivity index (χ1) is 7.39. The highest BCUT2D eigenvalue weighted by atomic mass is 32.1. The predicted molar refractivity (Wildman–Crippen MR) is 50.3 cm³/mol. The standard InChI is InChI=1S/C7H8F3N3O2S/c8-7(9,10)5-12-13-6(16-5)11-3-1-2-4(14)15/h1-3H2,(H,11,13)(H,14,15). The first-order valence-electron chi connectivity index (χ1n) is 4.26. The van der Waals surface area contributed by atoms with Gasteiger partial charge in [-0.1, -0.05) is 11.3 Å². The van der Waals surface area contributed by atoms with Gasteiger partial charge in [-0.25, -0.2) is 0 Å². The molecular weight excluding hydrogens is 247 g/mol. The fourth-order valence-electron chi connectivity index (χ4n) is 0.844. The SMILES string of the molecule is O=C(O)CCCNc1nnc(C(F)(F)F)s1. The third-order valence-electron chi connectivity index (χ3n) is 1.51. The Morgan fingerprint density at radius 3 is 2.62 bits per heavy atom. The van der Waals surface area contributed by atoms with Crippen molar-refractivity contribution in [3.05, 3.63) is 5.01 Å².